The summed E-state index contributed by atoms with van der Waals surface area (Å²) in [4.78, 5) is 35.9. The van der Waals surface area contributed by atoms with E-state index in [0.29, 0.717) is 50.1 Å². The third-order valence-corrected chi connectivity index (χ3v) is 4.50. The van der Waals surface area contributed by atoms with Gasteiger partial charge in [-0.25, -0.2) is 14.8 Å². The monoisotopic (exact) mass is 399 g/mol. The van der Waals surface area contributed by atoms with Gasteiger partial charge in [-0.15, -0.1) is 0 Å². The molecule has 1 aliphatic heterocycles. The number of hydrogen-bond donors (Lipinski definition) is 3. The van der Waals surface area contributed by atoms with Gasteiger partial charge >= 0.3 is 6.09 Å². The zero-order valence-corrected chi connectivity index (χ0v) is 16.3. The molecule has 0 saturated carbocycles. The Hall–Kier alpha value is -3.56. The van der Waals surface area contributed by atoms with Gasteiger partial charge in [-0.2, -0.15) is 0 Å². The topological polar surface area (TPSA) is 126 Å². The Labute approximate surface area is 169 Å². The van der Waals surface area contributed by atoms with Crippen molar-refractivity contribution in [3.05, 3.63) is 42.2 Å². The van der Waals surface area contributed by atoms with E-state index in [1.165, 1.54) is 6.33 Å². The van der Waals surface area contributed by atoms with E-state index >= 15 is 0 Å². The average Bonchev–Trinajstić information content (AvgIpc) is 2.74. The first-order valence-corrected chi connectivity index (χ1v) is 9.44. The van der Waals surface area contributed by atoms with Crippen LogP contribution in [0, 0.1) is 0 Å². The fourth-order valence-corrected chi connectivity index (χ4v) is 3.01. The summed E-state index contributed by atoms with van der Waals surface area (Å²) in [6.45, 7) is 4.29. The predicted molar refractivity (Wildman–Crippen MR) is 109 cm³/mol. The van der Waals surface area contributed by atoms with Gasteiger partial charge in [0.25, 0.3) is 0 Å². The lowest BCUT2D eigenvalue weighted by Gasteiger charge is -2.35. The minimum absolute atomic E-state index is 0.209. The van der Waals surface area contributed by atoms with Crippen molar-refractivity contribution >= 4 is 29.3 Å². The van der Waals surface area contributed by atoms with E-state index in [2.05, 4.69) is 20.8 Å². The second-order valence-electron chi connectivity index (χ2n) is 6.47. The second-order valence-corrected chi connectivity index (χ2v) is 6.47. The molecule has 1 saturated heterocycles. The van der Waals surface area contributed by atoms with Gasteiger partial charge < -0.3 is 20.3 Å². The Morgan fingerprint density at radius 1 is 1.14 bits per heavy atom. The molecule has 2 aromatic rings. The van der Waals surface area contributed by atoms with Crippen LogP contribution in [0.5, 0.6) is 0 Å². The van der Waals surface area contributed by atoms with E-state index in [4.69, 9.17) is 10.5 Å². The molecule has 0 aliphatic carbocycles. The fraction of sp³-hybridized carbons (Fsp3) is 0.368. The number of hydrogen-bond acceptors (Lipinski definition) is 8. The minimum atomic E-state index is -0.314. The molecule has 0 unspecified atom stereocenters. The molecule has 3 rings (SSSR count). The maximum absolute atomic E-state index is 12.1. The number of ether oxygens (including phenoxy) is 1. The van der Waals surface area contributed by atoms with Crippen LogP contribution in [0.2, 0.25) is 0 Å². The molecule has 2 heterocycles. The van der Waals surface area contributed by atoms with Crippen LogP contribution >= 0.6 is 0 Å². The SMILES string of the molecule is CCOC(=O)N1CCN(c2ncnc(NNC(=O)Cc3ccccc3)c2N)CC1. The van der Waals surface area contributed by atoms with Crippen molar-refractivity contribution in [2.75, 3.05) is 48.8 Å². The van der Waals surface area contributed by atoms with Crippen LogP contribution < -0.4 is 21.5 Å². The Bertz CT molecular complexity index is 839. The maximum atomic E-state index is 12.1. The van der Waals surface area contributed by atoms with Gasteiger partial charge in [-0.05, 0) is 12.5 Å². The largest absolute Gasteiger partial charge is 0.450 e. The Kier molecular flexibility index (Phi) is 6.67. The number of nitrogens with zero attached hydrogens (tertiary/aromatic N) is 4. The fourth-order valence-electron chi connectivity index (χ4n) is 3.01. The Morgan fingerprint density at radius 3 is 2.55 bits per heavy atom. The molecule has 1 aromatic carbocycles. The number of aromatic nitrogens is 2. The number of amides is 2. The summed E-state index contributed by atoms with van der Waals surface area (Å²) in [5, 5.41) is 0. The summed E-state index contributed by atoms with van der Waals surface area (Å²) in [5.41, 5.74) is 12.8. The molecular formula is C19H25N7O3. The third kappa shape index (κ3) is 5.24. The average molecular weight is 399 g/mol. The van der Waals surface area contributed by atoms with E-state index in [9.17, 15) is 9.59 Å². The van der Waals surface area contributed by atoms with Gasteiger partial charge in [0.2, 0.25) is 5.91 Å². The molecule has 4 N–H and O–H groups in total. The van der Waals surface area contributed by atoms with Crippen molar-refractivity contribution in [3.8, 4) is 0 Å². The van der Waals surface area contributed by atoms with Crippen LogP contribution in [0.3, 0.4) is 0 Å². The Balaban J connectivity index is 1.57. The molecule has 29 heavy (non-hydrogen) atoms. The van der Waals surface area contributed by atoms with Gasteiger partial charge in [-0.3, -0.25) is 15.6 Å². The summed E-state index contributed by atoms with van der Waals surface area (Å²) in [7, 11) is 0. The molecule has 0 spiro atoms. The number of carbonyl (C=O) groups is 2. The second kappa shape index (κ2) is 9.58. The number of piperazine rings is 1. The molecule has 0 atom stereocenters. The number of rotatable bonds is 6. The van der Waals surface area contributed by atoms with Crippen LogP contribution in [0.4, 0.5) is 22.1 Å². The molecule has 10 heteroatoms. The lowest BCUT2D eigenvalue weighted by atomic mass is 10.1. The molecular weight excluding hydrogens is 374 g/mol. The molecule has 0 radical (unpaired) electrons. The van der Waals surface area contributed by atoms with Crippen molar-refractivity contribution in [2.45, 2.75) is 13.3 Å². The van der Waals surface area contributed by atoms with E-state index in [0.717, 1.165) is 5.56 Å². The van der Waals surface area contributed by atoms with Gasteiger partial charge in [-0.1, -0.05) is 30.3 Å². The van der Waals surface area contributed by atoms with Gasteiger partial charge in [0.15, 0.2) is 11.6 Å². The van der Waals surface area contributed by atoms with E-state index in [1.54, 1.807) is 11.8 Å². The van der Waals surface area contributed by atoms with Crippen molar-refractivity contribution in [1.82, 2.24) is 20.3 Å². The molecule has 0 bridgehead atoms. The summed E-state index contributed by atoms with van der Waals surface area (Å²) in [6.07, 6.45) is 1.31. The highest BCUT2D eigenvalue weighted by Gasteiger charge is 2.24. The first-order chi connectivity index (χ1) is 14.1. The first kappa shape index (κ1) is 20.2. The third-order valence-electron chi connectivity index (χ3n) is 4.50. The van der Waals surface area contributed by atoms with E-state index < -0.39 is 0 Å². The van der Waals surface area contributed by atoms with Crippen LogP contribution in [-0.2, 0) is 16.0 Å². The highest BCUT2D eigenvalue weighted by Crippen LogP contribution is 2.26. The summed E-state index contributed by atoms with van der Waals surface area (Å²) in [6, 6.07) is 9.42. The van der Waals surface area contributed by atoms with Gasteiger partial charge in [0.1, 0.15) is 12.0 Å². The number of nitrogens with two attached hydrogens (primary N) is 1. The lowest BCUT2D eigenvalue weighted by Crippen LogP contribution is -2.49. The molecule has 2 amide bonds. The molecule has 154 valence electrons. The zero-order chi connectivity index (χ0) is 20.6. The van der Waals surface area contributed by atoms with E-state index in [1.807, 2.05) is 35.2 Å². The van der Waals surface area contributed by atoms with E-state index in [-0.39, 0.29) is 18.4 Å². The van der Waals surface area contributed by atoms with Crippen molar-refractivity contribution in [1.29, 1.82) is 0 Å². The zero-order valence-electron chi connectivity index (χ0n) is 16.3. The first-order valence-electron chi connectivity index (χ1n) is 9.44. The molecule has 1 aromatic heterocycles. The van der Waals surface area contributed by atoms with Crippen LogP contribution in [-0.4, -0.2) is 59.7 Å². The number of benzene rings is 1. The molecule has 10 nitrogen and oxygen atoms in total. The minimum Gasteiger partial charge on any atom is -0.450 e. The lowest BCUT2D eigenvalue weighted by molar-refractivity contribution is -0.119. The van der Waals surface area contributed by atoms with Crippen molar-refractivity contribution < 1.29 is 14.3 Å². The highest BCUT2D eigenvalue weighted by molar-refractivity contribution is 5.82. The number of carbonyl (C=O) groups excluding carboxylic acids is 2. The number of anilines is 3. The molecule has 1 fully saturated rings. The summed E-state index contributed by atoms with van der Waals surface area (Å²) < 4.78 is 5.03. The smallest absolute Gasteiger partial charge is 0.409 e. The van der Waals surface area contributed by atoms with Crippen molar-refractivity contribution in [3.63, 3.8) is 0 Å². The van der Waals surface area contributed by atoms with Crippen molar-refractivity contribution in [2.24, 2.45) is 0 Å². The van der Waals surface area contributed by atoms with Crippen LogP contribution in [0.1, 0.15) is 12.5 Å². The number of nitrogens with one attached hydrogen (secondary N) is 2. The summed E-state index contributed by atoms with van der Waals surface area (Å²) >= 11 is 0. The molecule has 1 aliphatic rings. The van der Waals surface area contributed by atoms with Crippen LogP contribution in [0.25, 0.3) is 0 Å². The van der Waals surface area contributed by atoms with Gasteiger partial charge in [0, 0.05) is 26.2 Å². The maximum Gasteiger partial charge on any atom is 0.409 e. The van der Waals surface area contributed by atoms with Crippen LogP contribution in [0.15, 0.2) is 36.7 Å². The van der Waals surface area contributed by atoms with Gasteiger partial charge in [0.05, 0.1) is 13.0 Å². The quantitative estimate of drug-likeness (QED) is 0.615. The highest BCUT2D eigenvalue weighted by atomic mass is 16.6. The normalized spacial score (nSPS) is 13.7. The number of hydrazine groups is 1. The Morgan fingerprint density at radius 2 is 1.86 bits per heavy atom. The number of nitrogen functional groups attached to an aromatic ring is 1. The standard InChI is InChI=1S/C19H25N7O3/c1-2-29-19(28)26-10-8-25(9-11-26)18-16(20)17(21-13-22-18)24-23-15(27)12-14-6-4-3-5-7-14/h3-7,13H,2,8-12,20H2,1H3,(H,23,27)(H,21,22,24). The summed E-state index contributed by atoms with van der Waals surface area (Å²) in [5.74, 6) is 0.673. The predicted octanol–water partition coefficient (Wildman–Crippen LogP) is 1.02.